The number of nitrogen functional groups attached to an aromatic ring is 1. The predicted octanol–water partition coefficient (Wildman–Crippen LogP) is -1.38. The van der Waals surface area contributed by atoms with E-state index in [0.717, 1.165) is 0 Å². The fraction of sp³-hybridized carbons (Fsp3) is 0.480. The van der Waals surface area contributed by atoms with Crippen LogP contribution in [0.25, 0.3) is 11.2 Å². The van der Waals surface area contributed by atoms with Crippen molar-refractivity contribution in [2.24, 2.45) is 5.73 Å². The van der Waals surface area contributed by atoms with Gasteiger partial charge in [0, 0.05) is 19.6 Å². The van der Waals surface area contributed by atoms with E-state index in [4.69, 9.17) is 20.9 Å². The Kier molecular flexibility index (Phi) is 8.30. The van der Waals surface area contributed by atoms with Gasteiger partial charge in [-0.2, -0.15) is 0 Å². The van der Waals surface area contributed by atoms with Gasteiger partial charge in [-0.05, 0) is 25.0 Å². The average molecular weight is 590 g/mol. The minimum absolute atomic E-state index is 0.112. The number of benzene rings is 1. The summed E-state index contributed by atoms with van der Waals surface area (Å²) in [4.78, 5) is 39.3. The Morgan fingerprint density at radius 1 is 1.12 bits per heavy atom. The number of aromatic nitrogens is 4. The molecule has 16 heteroatoms. The van der Waals surface area contributed by atoms with Crippen molar-refractivity contribution in [2.75, 3.05) is 31.1 Å². The first kappa shape index (κ1) is 29.0. The van der Waals surface area contributed by atoms with Gasteiger partial charge in [0.15, 0.2) is 27.5 Å². The van der Waals surface area contributed by atoms with E-state index >= 15 is 0 Å². The van der Waals surface area contributed by atoms with E-state index in [9.17, 15) is 28.2 Å². The number of sulfone groups is 1. The molecule has 15 nitrogen and oxygen atoms in total. The number of aliphatic hydroxyl groups is 2. The molecule has 1 aromatic carbocycles. The molecule has 2 saturated heterocycles. The van der Waals surface area contributed by atoms with Crippen LogP contribution in [-0.4, -0.2) is 110 Å². The third kappa shape index (κ3) is 5.79. The fourth-order valence-electron chi connectivity index (χ4n) is 5.30. The molecule has 41 heavy (non-hydrogen) atoms. The Labute approximate surface area is 235 Å². The maximum Gasteiger partial charge on any atom is 0.345 e. The fourth-order valence-corrected chi connectivity index (χ4v) is 7.24. The van der Waals surface area contributed by atoms with Crippen LogP contribution in [0.1, 0.15) is 29.4 Å². The van der Waals surface area contributed by atoms with Gasteiger partial charge < -0.3 is 31.2 Å². The minimum atomic E-state index is -3.97. The number of nitrogens with zero attached hydrogens (tertiary/aromatic N) is 5. The summed E-state index contributed by atoms with van der Waals surface area (Å²) < 4.78 is 39.3. The van der Waals surface area contributed by atoms with Crippen LogP contribution in [0.3, 0.4) is 0 Å². The second kappa shape index (κ2) is 11.8. The smallest absolute Gasteiger partial charge is 0.345 e. The third-order valence-electron chi connectivity index (χ3n) is 7.46. The number of ether oxygens (including phenoxy) is 2. The Bertz CT molecular complexity index is 1520. The first-order valence-corrected chi connectivity index (χ1v) is 14.7. The first-order valence-electron chi connectivity index (χ1n) is 13.0. The minimum Gasteiger partial charge on any atom is -0.388 e. The average Bonchev–Trinajstić information content (AvgIpc) is 3.51. The van der Waals surface area contributed by atoms with Crippen molar-refractivity contribution in [3.8, 4) is 0 Å². The summed E-state index contributed by atoms with van der Waals surface area (Å²) in [5.74, 6) is -2.21. The summed E-state index contributed by atoms with van der Waals surface area (Å²) in [7, 11) is -3.97. The maximum absolute atomic E-state index is 13.5. The zero-order valence-corrected chi connectivity index (χ0v) is 22.7. The van der Waals surface area contributed by atoms with Gasteiger partial charge >= 0.3 is 11.9 Å². The monoisotopic (exact) mass is 589 g/mol. The van der Waals surface area contributed by atoms with Crippen LogP contribution >= 0.6 is 0 Å². The lowest BCUT2D eigenvalue weighted by Crippen LogP contribution is -2.53. The molecule has 0 bridgehead atoms. The third-order valence-corrected chi connectivity index (χ3v) is 9.70. The molecule has 0 aliphatic carbocycles. The summed E-state index contributed by atoms with van der Waals surface area (Å²) in [5, 5.41) is 20.4. The number of piperidine rings is 1. The molecular formula is C25H31N7O8S. The topological polar surface area (TPSA) is 226 Å². The van der Waals surface area contributed by atoms with Crippen LogP contribution in [0.2, 0.25) is 0 Å². The van der Waals surface area contributed by atoms with Gasteiger partial charge in [-0.1, -0.05) is 18.2 Å². The van der Waals surface area contributed by atoms with Gasteiger partial charge in [0.25, 0.3) is 0 Å². The van der Waals surface area contributed by atoms with E-state index in [1.54, 1.807) is 23.1 Å². The number of carbonyl (C=O) groups is 2. The van der Waals surface area contributed by atoms with Crippen LogP contribution in [0, 0.1) is 0 Å². The first-order chi connectivity index (χ1) is 19.6. The molecule has 6 atom stereocenters. The quantitative estimate of drug-likeness (QED) is 0.175. The van der Waals surface area contributed by atoms with Crippen molar-refractivity contribution in [3.05, 3.63) is 48.5 Å². The van der Waals surface area contributed by atoms with Crippen molar-refractivity contribution < 1.29 is 37.7 Å². The molecular weight excluding hydrogens is 558 g/mol. The standard InChI is InChI=1S/C25H31N7O8S/c26-7-9-31-8-6-15(10-16(31)25(36)40-24(35)14-4-2-1-3-5-14)41(37,38)11-17-19(33)20(34)23(39-17)32-13-30-18-21(27)28-12-29-22(18)32/h1-5,12-13,15-17,19-20,23,33-34H,6-11,26H2,(H2,27,28,29)/t15?,16?,17-,19?,20+,23-/m1/s1. The van der Waals surface area contributed by atoms with Gasteiger partial charge in [0.2, 0.25) is 0 Å². The lowest BCUT2D eigenvalue weighted by Gasteiger charge is -2.37. The molecule has 2 aliphatic heterocycles. The highest BCUT2D eigenvalue weighted by Crippen LogP contribution is 2.34. The Hall–Kier alpha value is -3.54. The summed E-state index contributed by atoms with van der Waals surface area (Å²) in [5.41, 5.74) is 12.2. The van der Waals surface area contributed by atoms with Gasteiger partial charge in [0.1, 0.15) is 36.2 Å². The highest BCUT2D eigenvalue weighted by Gasteiger charge is 2.48. The number of likely N-dealkylation sites (tertiary alicyclic amines) is 1. The lowest BCUT2D eigenvalue weighted by atomic mass is 10.0. The second-order valence-corrected chi connectivity index (χ2v) is 12.3. The van der Waals surface area contributed by atoms with Crippen molar-refractivity contribution in [1.82, 2.24) is 24.4 Å². The normalized spacial score (nSPS) is 27.2. The lowest BCUT2D eigenvalue weighted by molar-refractivity contribution is -0.145. The van der Waals surface area contributed by atoms with Crippen molar-refractivity contribution in [3.63, 3.8) is 0 Å². The van der Waals surface area contributed by atoms with Gasteiger partial charge in [-0.25, -0.2) is 33.0 Å². The van der Waals surface area contributed by atoms with Gasteiger partial charge in [-0.3, -0.25) is 9.47 Å². The molecule has 0 amide bonds. The molecule has 6 N–H and O–H groups in total. The number of carbonyl (C=O) groups excluding carboxylic acids is 2. The van der Waals surface area contributed by atoms with E-state index in [-0.39, 0.29) is 48.5 Å². The number of hydrogen-bond donors (Lipinski definition) is 4. The number of aliphatic hydroxyl groups excluding tert-OH is 2. The molecule has 3 aromatic rings. The van der Waals surface area contributed by atoms with E-state index in [1.807, 2.05) is 0 Å². The molecule has 0 saturated carbocycles. The van der Waals surface area contributed by atoms with Crippen LogP contribution in [0.5, 0.6) is 0 Å². The second-order valence-electron chi connectivity index (χ2n) is 10.0. The number of rotatable bonds is 8. The van der Waals surface area contributed by atoms with Gasteiger partial charge in [-0.15, -0.1) is 0 Å². The number of esters is 2. The number of nitrogens with two attached hydrogens (primary N) is 2. The molecule has 5 rings (SSSR count). The van der Waals surface area contributed by atoms with Crippen molar-refractivity contribution >= 4 is 38.8 Å². The van der Waals surface area contributed by atoms with Crippen LogP contribution < -0.4 is 11.5 Å². The number of hydrogen-bond acceptors (Lipinski definition) is 14. The SMILES string of the molecule is NCCN1CCC(S(=O)(=O)C[C@H]2O[C@@H](n3cnc4c(N)ncnc43)[C@@H](O)C2O)CC1C(=O)OC(=O)c1ccccc1. The molecule has 3 unspecified atom stereocenters. The summed E-state index contributed by atoms with van der Waals surface area (Å²) in [6, 6.07) is 6.96. The number of anilines is 1. The van der Waals surface area contributed by atoms with Gasteiger partial charge in [0.05, 0.1) is 22.9 Å². The van der Waals surface area contributed by atoms with Crippen LogP contribution in [-0.2, 0) is 24.1 Å². The number of imidazole rings is 1. The van der Waals surface area contributed by atoms with Crippen LogP contribution in [0.15, 0.2) is 43.0 Å². The van der Waals surface area contributed by atoms with E-state index in [1.165, 1.54) is 29.4 Å². The molecule has 220 valence electrons. The molecule has 4 heterocycles. The number of fused-ring (bicyclic) bond motifs is 1. The van der Waals surface area contributed by atoms with Crippen molar-refractivity contribution in [2.45, 2.75) is 48.7 Å². The van der Waals surface area contributed by atoms with E-state index in [2.05, 4.69) is 15.0 Å². The Balaban J connectivity index is 1.29. The highest BCUT2D eigenvalue weighted by atomic mass is 32.2. The summed E-state index contributed by atoms with van der Waals surface area (Å²) in [6.07, 6.45) is -2.90. The highest BCUT2D eigenvalue weighted by molar-refractivity contribution is 7.92. The zero-order valence-electron chi connectivity index (χ0n) is 21.9. The molecule has 0 radical (unpaired) electrons. The zero-order chi connectivity index (χ0) is 29.3. The maximum atomic E-state index is 13.5. The Morgan fingerprint density at radius 3 is 2.61 bits per heavy atom. The van der Waals surface area contributed by atoms with E-state index < -0.39 is 63.4 Å². The molecule has 2 aliphatic rings. The largest absolute Gasteiger partial charge is 0.388 e. The Morgan fingerprint density at radius 2 is 1.88 bits per heavy atom. The van der Waals surface area contributed by atoms with Crippen LogP contribution in [0.4, 0.5) is 5.82 Å². The van der Waals surface area contributed by atoms with E-state index in [0.29, 0.717) is 6.54 Å². The predicted molar refractivity (Wildman–Crippen MR) is 144 cm³/mol. The molecule has 0 spiro atoms. The molecule has 2 fully saturated rings. The summed E-state index contributed by atoms with van der Waals surface area (Å²) in [6.45, 7) is 0.744. The molecule has 2 aromatic heterocycles. The van der Waals surface area contributed by atoms with Crippen molar-refractivity contribution in [1.29, 1.82) is 0 Å². The summed E-state index contributed by atoms with van der Waals surface area (Å²) >= 11 is 0.